The van der Waals surface area contributed by atoms with Crippen molar-refractivity contribution in [1.82, 2.24) is 15.1 Å². The standard InChI is InChI=1S/C15H20ClN3O2/c16-13-3-1-12(2-4-13)15-17-11-14(20)19(15)6-5-18-7-9-21-10-8-18/h1-4,15,17H,5-11H2. The summed E-state index contributed by atoms with van der Waals surface area (Å²) in [5, 5.41) is 3.98. The average Bonchev–Trinajstić information content (AvgIpc) is 2.88. The smallest absolute Gasteiger partial charge is 0.238 e. The molecule has 21 heavy (non-hydrogen) atoms. The first-order chi connectivity index (χ1) is 10.2. The molecule has 0 radical (unpaired) electrons. The molecule has 0 spiro atoms. The molecule has 1 N–H and O–H groups in total. The summed E-state index contributed by atoms with van der Waals surface area (Å²) in [4.78, 5) is 16.3. The first-order valence-corrected chi connectivity index (χ1v) is 7.70. The number of amides is 1. The first-order valence-electron chi connectivity index (χ1n) is 7.32. The lowest BCUT2D eigenvalue weighted by atomic mass is 10.1. The maximum absolute atomic E-state index is 12.1. The molecule has 0 saturated carbocycles. The number of ether oxygens (including phenoxy) is 1. The van der Waals surface area contributed by atoms with Gasteiger partial charge in [0.25, 0.3) is 0 Å². The second-order valence-electron chi connectivity index (χ2n) is 5.38. The van der Waals surface area contributed by atoms with E-state index in [-0.39, 0.29) is 12.1 Å². The van der Waals surface area contributed by atoms with Crippen LogP contribution >= 0.6 is 11.6 Å². The third kappa shape index (κ3) is 3.55. The van der Waals surface area contributed by atoms with Crippen molar-refractivity contribution in [1.29, 1.82) is 0 Å². The third-order valence-electron chi connectivity index (χ3n) is 4.03. The molecule has 1 amide bonds. The number of rotatable bonds is 4. The van der Waals surface area contributed by atoms with Crippen LogP contribution in [-0.4, -0.2) is 61.6 Å². The van der Waals surface area contributed by atoms with Crippen LogP contribution < -0.4 is 5.32 Å². The Morgan fingerprint density at radius 2 is 1.90 bits per heavy atom. The molecule has 2 aliphatic rings. The second kappa shape index (κ2) is 6.75. The van der Waals surface area contributed by atoms with Crippen molar-refractivity contribution < 1.29 is 9.53 Å². The normalized spacial score (nSPS) is 23.8. The van der Waals surface area contributed by atoms with Gasteiger partial charge in [-0.15, -0.1) is 0 Å². The number of hydrogen-bond acceptors (Lipinski definition) is 4. The lowest BCUT2D eigenvalue weighted by Gasteiger charge is -2.30. The zero-order valence-electron chi connectivity index (χ0n) is 11.9. The van der Waals surface area contributed by atoms with Gasteiger partial charge < -0.3 is 9.64 Å². The monoisotopic (exact) mass is 309 g/mol. The lowest BCUT2D eigenvalue weighted by Crippen LogP contribution is -2.42. The first kappa shape index (κ1) is 14.8. The van der Waals surface area contributed by atoms with Crippen LogP contribution in [-0.2, 0) is 9.53 Å². The molecule has 0 aromatic heterocycles. The van der Waals surface area contributed by atoms with Crippen LogP contribution in [0.15, 0.2) is 24.3 Å². The van der Waals surface area contributed by atoms with Gasteiger partial charge in [-0.05, 0) is 17.7 Å². The number of carbonyl (C=O) groups excluding carboxylic acids is 1. The molecule has 1 unspecified atom stereocenters. The Morgan fingerprint density at radius 3 is 2.62 bits per heavy atom. The Morgan fingerprint density at radius 1 is 1.19 bits per heavy atom. The fourth-order valence-corrected chi connectivity index (χ4v) is 2.94. The van der Waals surface area contributed by atoms with E-state index in [2.05, 4.69) is 10.2 Å². The summed E-state index contributed by atoms with van der Waals surface area (Å²) in [7, 11) is 0. The molecule has 1 aromatic rings. The lowest BCUT2D eigenvalue weighted by molar-refractivity contribution is -0.128. The summed E-state index contributed by atoms with van der Waals surface area (Å²) in [6.45, 7) is 5.48. The highest BCUT2D eigenvalue weighted by Gasteiger charge is 2.31. The van der Waals surface area contributed by atoms with Gasteiger partial charge in [-0.2, -0.15) is 0 Å². The van der Waals surface area contributed by atoms with E-state index >= 15 is 0 Å². The summed E-state index contributed by atoms with van der Waals surface area (Å²) < 4.78 is 5.35. The number of halogens is 1. The predicted molar refractivity (Wildman–Crippen MR) is 81.2 cm³/mol. The van der Waals surface area contributed by atoms with Crippen LogP contribution in [0.3, 0.4) is 0 Å². The minimum atomic E-state index is -0.0455. The van der Waals surface area contributed by atoms with Crippen molar-refractivity contribution in [3.63, 3.8) is 0 Å². The number of nitrogens with one attached hydrogen (secondary N) is 1. The van der Waals surface area contributed by atoms with Crippen molar-refractivity contribution in [2.45, 2.75) is 6.17 Å². The molecule has 6 heteroatoms. The highest BCUT2D eigenvalue weighted by Crippen LogP contribution is 2.23. The maximum atomic E-state index is 12.1. The highest BCUT2D eigenvalue weighted by molar-refractivity contribution is 6.30. The summed E-state index contributed by atoms with van der Waals surface area (Å²) in [5.41, 5.74) is 1.08. The van der Waals surface area contributed by atoms with Crippen LogP contribution in [0.5, 0.6) is 0 Å². The summed E-state index contributed by atoms with van der Waals surface area (Å²) in [6, 6.07) is 7.67. The molecule has 0 bridgehead atoms. The van der Waals surface area contributed by atoms with Crippen LogP contribution in [0.2, 0.25) is 5.02 Å². The van der Waals surface area contributed by atoms with Gasteiger partial charge in [-0.3, -0.25) is 15.0 Å². The van der Waals surface area contributed by atoms with Crippen molar-refractivity contribution in [3.8, 4) is 0 Å². The quantitative estimate of drug-likeness (QED) is 0.905. The van der Waals surface area contributed by atoms with Crippen molar-refractivity contribution >= 4 is 17.5 Å². The summed E-state index contributed by atoms with van der Waals surface area (Å²) >= 11 is 5.93. The minimum absolute atomic E-state index is 0.0455. The van der Waals surface area contributed by atoms with Gasteiger partial charge in [0.05, 0.1) is 19.8 Å². The summed E-state index contributed by atoms with van der Waals surface area (Å²) in [5.74, 6) is 0.156. The van der Waals surface area contributed by atoms with Gasteiger partial charge in [-0.25, -0.2) is 0 Å². The molecule has 1 atom stereocenters. The van der Waals surface area contributed by atoms with E-state index in [9.17, 15) is 4.79 Å². The highest BCUT2D eigenvalue weighted by atomic mass is 35.5. The van der Waals surface area contributed by atoms with Crippen molar-refractivity contribution in [2.75, 3.05) is 45.9 Å². The van der Waals surface area contributed by atoms with E-state index in [0.717, 1.165) is 45.0 Å². The van der Waals surface area contributed by atoms with Gasteiger partial charge in [0.1, 0.15) is 6.17 Å². The van der Waals surface area contributed by atoms with Crippen molar-refractivity contribution in [3.05, 3.63) is 34.9 Å². The van der Waals surface area contributed by atoms with Crippen LogP contribution in [0.4, 0.5) is 0 Å². The van der Waals surface area contributed by atoms with E-state index in [1.54, 1.807) is 0 Å². The topological polar surface area (TPSA) is 44.8 Å². The largest absolute Gasteiger partial charge is 0.379 e. The molecular formula is C15H20ClN3O2. The van der Waals surface area contributed by atoms with E-state index in [4.69, 9.17) is 16.3 Å². The maximum Gasteiger partial charge on any atom is 0.238 e. The molecule has 114 valence electrons. The Labute approximate surface area is 129 Å². The number of hydrogen-bond donors (Lipinski definition) is 1. The zero-order chi connectivity index (χ0) is 14.7. The van der Waals surface area contributed by atoms with E-state index in [1.807, 2.05) is 29.2 Å². The number of morpholine rings is 1. The van der Waals surface area contributed by atoms with Crippen LogP contribution in [0.25, 0.3) is 0 Å². The van der Waals surface area contributed by atoms with Gasteiger partial charge in [0, 0.05) is 31.2 Å². The molecule has 2 fully saturated rings. The minimum Gasteiger partial charge on any atom is -0.379 e. The molecule has 1 aromatic carbocycles. The van der Waals surface area contributed by atoms with Gasteiger partial charge in [-0.1, -0.05) is 23.7 Å². The molecule has 2 heterocycles. The van der Waals surface area contributed by atoms with E-state index in [0.29, 0.717) is 11.6 Å². The van der Waals surface area contributed by atoms with E-state index < -0.39 is 0 Å². The Hall–Kier alpha value is -1.14. The summed E-state index contributed by atoms with van der Waals surface area (Å²) in [6.07, 6.45) is -0.0455. The SMILES string of the molecule is O=C1CNC(c2ccc(Cl)cc2)N1CCN1CCOCC1. The van der Waals surface area contributed by atoms with Crippen LogP contribution in [0.1, 0.15) is 11.7 Å². The molecular weight excluding hydrogens is 290 g/mol. The zero-order valence-corrected chi connectivity index (χ0v) is 12.7. The molecule has 0 aliphatic carbocycles. The van der Waals surface area contributed by atoms with Gasteiger partial charge >= 0.3 is 0 Å². The molecule has 2 saturated heterocycles. The number of carbonyl (C=O) groups is 1. The van der Waals surface area contributed by atoms with Crippen LogP contribution in [0, 0.1) is 0 Å². The van der Waals surface area contributed by atoms with Gasteiger partial charge in [0.15, 0.2) is 0 Å². The van der Waals surface area contributed by atoms with Crippen molar-refractivity contribution in [2.24, 2.45) is 0 Å². The second-order valence-corrected chi connectivity index (χ2v) is 5.81. The third-order valence-corrected chi connectivity index (χ3v) is 4.28. The van der Waals surface area contributed by atoms with Gasteiger partial charge in [0.2, 0.25) is 5.91 Å². The number of nitrogens with zero attached hydrogens (tertiary/aromatic N) is 2. The average molecular weight is 310 g/mol. The Kier molecular flexibility index (Phi) is 4.75. The molecule has 3 rings (SSSR count). The Bertz CT molecular complexity index is 488. The fourth-order valence-electron chi connectivity index (χ4n) is 2.81. The van der Waals surface area contributed by atoms with E-state index in [1.165, 1.54) is 0 Å². The predicted octanol–water partition coefficient (Wildman–Crippen LogP) is 1.10. The molecule has 2 aliphatic heterocycles. The number of benzene rings is 1. The Balaban J connectivity index is 1.63. The molecule has 5 nitrogen and oxygen atoms in total. The fraction of sp³-hybridized carbons (Fsp3) is 0.533.